The number of pyridine rings is 2. The van der Waals surface area contributed by atoms with Crippen LogP contribution in [-0.2, 0) is 5.41 Å². The Labute approximate surface area is 550 Å². The first-order chi connectivity index (χ1) is 46.3. The molecular formula is C85H58N6O2S. The van der Waals surface area contributed by atoms with E-state index in [0.717, 1.165) is 157 Å². The van der Waals surface area contributed by atoms with Crippen LogP contribution in [0.15, 0.2) is 325 Å². The number of benzene rings is 12. The van der Waals surface area contributed by atoms with Crippen molar-refractivity contribution in [2.24, 2.45) is 0 Å². The van der Waals surface area contributed by atoms with Crippen LogP contribution in [-0.4, -0.2) is 9.97 Å². The van der Waals surface area contributed by atoms with E-state index in [1.165, 1.54) is 11.1 Å². The van der Waals surface area contributed by atoms with E-state index in [-0.39, 0.29) is 5.41 Å². The van der Waals surface area contributed by atoms with Crippen molar-refractivity contribution in [1.82, 2.24) is 9.97 Å². The highest BCUT2D eigenvalue weighted by molar-refractivity contribution is 7.99. The Kier molecular flexibility index (Phi) is 13.0. The summed E-state index contributed by atoms with van der Waals surface area (Å²) in [5.74, 6) is 3.17. The van der Waals surface area contributed by atoms with Crippen LogP contribution in [0.5, 0.6) is 23.0 Å². The van der Waals surface area contributed by atoms with E-state index < -0.39 is 0 Å². The van der Waals surface area contributed by atoms with Crippen molar-refractivity contribution in [1.29, 1.82) is 0 Å². The minimum atomic E-state index is -0.223. The Bertz CT molecular complexity index is 5220. The third-order valence-electron chi connectivity index (χ3n) is 18.5. The molecule has 0 amide bonds. The largest absolute Gasteiger partial charge is 0.453 e. The molecule has 0 atom stereocenters. The van der Waals surface area contributed by atoms with Crippen LogP contribution in [0.2, 0.25) is 0 Å². The second kappa shape index (κ2) is 22.2. The summed E-state index contributed by atoms with van der Waals surface area (Å²) < 4.78 is 13.1. The van der Waals surface area contributed by atoms with Crippen LogP contribution < -0.4 is 29.1 Å². The highest BCUT2D eigenvalue weighted by Gasteiger charge is 2.38. The van der Waals surface area contributed by atoms with Crippen LogP contribution in [0.3, 0.4) is 0 Å². The number of hydrogen-bond donors (Lipinski definition) is 0. The maximum Gasteiger partial charge on any atom is 0.151 e. The maximum absolute atomic E-state index is 6.58. The molecule has 0 fully saturated rings. The summed E-state index contributed by atoms with van der Waals surface area (Å²) in [7, 11) is 0. The number of fused-ring (bicyclic) bond motifs is 8. The number of anilines is 12. The fourth-order valence-electron chi connectivity index (χ4n) is 14.1. The molecule has 0 N–H and O–H groups in total. The average molecular weight is 1230 g/mol. The molecule has 0 unspecified atom stereocenters. The Morgan fingerprint density at radius 1 is 0.255 bits per heavy atom. The maximum atomic E-state index is 6.58. The molecule has 18 rings (SSSR count). The molecule has 12 aromatic carbocycles. The van der Waals surface area contributed by atoms with Crippen LogP contribution >= 0.6 is 11.8 Å². The van der Waals surface area contributed by atoms with Crippen molar-refractivity contribution in [3.63, 3.8) is 0 Å². The molecule has 8 nitrogen and oxygen atoms in total. The lowest BCUT2D eigenvalue weighted by Crippen LogP contribution is -2.30. The molecule has 446 valence electrons. The zero-order valence-electron chi connectivity index (χ0n) is 51.4. The van der Waals surface area contributed by atoms with Gasteiger partial charge in [0.1, 0.15) is 0 Å². The molecule has 94 heavy (non-hydrogen) atoms. The van der Waals surface area contributed by atoms with Gasteiger partial charge in [0, 0.05) is 60.2 Å². The van der Waals surface area contributed by atoms with Gasteiger partial charge in [0.15, 0.2) is 23.0 Å². The van der Waals surface area contributed by atoms with Crippen molar-refractivity contribution in [3.8, 4) is 79.2 Å². The molecule has 4 aliphatic rings. The van der Waals surface area contributed by atoms with Crippen LogP contribution in [0.25, 0.3) is 56.2 Å². The Morgan fingerprint density at radius 3 is 1.12 bits per heavy atom. The minimum Gasteiger partial charge on any atom is -0.453 e. The van der Waals surface area contributed by atoms with Gasteiger partial charge in [0.25, 0.3) is 0 Å². The van der Waals surface area contributed by atoms with Gasteiger partial charge in [-0.2, -0.15) is 0 Å². The molecule has 9 heteroatoms. The summed E-state index contributed by atoms with van der Waals surface area (Å²) in [6.45, 7) is 4.67. The molecule has 0 saturated heterocycles. The first kappa shape index (κ1) is 55.0. The van der Waals surface area contributed by atoms with E-state index in [0.29, 0.717) is 0 Å². The fraction of sp³-hybridized carbons (Fsp3) is 0.0353. The van der Waals surface area contributed by atoms with Gasteiger partial charge < -0.3 is 29.1 Å². The molecule has 6 heterocycles. The lowest BCUT2D eigenvalue weighted by atomic mass is 9.73. The van der Waals surface area contributed by atoms with Crippen molar-refractivity contribution in [2.75, 3.05) is 19.6 Å². The Morgan fingerprint density at radius 2 is 0.606 bits per heavy atom. The minimum absolute atomic E-state index is 0.223. The van der Waals surface area contributed by atoms with Gasteiger partial charge in [-0.1, -0.05) is 189 Å². The van der Waals surface area contributed by atoms with Gasteiger partial charge in [-0.3, -0.25) is 0 Å². The van der Waals surface area contributed by atoms with Crippen LogP contribution in [0, 0.1) is 0 Å². The van der Waals surface area contributed by atoms with E-state index in [1.807, 2.05) is 54.6 Å². The van der Waals surface area contributed by atoms with E-state index in [9.17, 15) is 0 Å². The number of rotatable bonds is 9. The molecule has 0 saturated carbocycles. The number of para-hydroxylation sites is 11. The SMILES string of the molecule is CC1(C)c2ccccc2N(c2cc(-c3cccc(-c4cccc(-c5ccc6c(c5)Sc5ccccc5N6c5cc(-c6cccc(-c7ccccc7)n6)cc(N6c7ccccc7Oc7ccccc76)c5)c4)n3)cc(N3c4ccccc4Oc4ccccc43)c2)c2ccccc21. The molecule has 4 aliphatic heterocycles. The summed E-state index contributed by atoms with van der Waals surface area (Å²) in [4.78, 5) is 22.7. The lowest BCUT2D eigenvalue weighted by Gasteiger charge is -2.42. The van der Waals surface area contributed by atoms with E-state index in [4.69, 9.17) is 19.4 Å². The highest BCUT2D eigenvalue weighted by Crippen LogP contribution is 2.58. The summed E-state index contributed by atoms with van der Waals surface area (Å²) in [6.07, 6.45) is 0. The highest BCUT2D eigenvalue weighted by atomic mass is 32.2. The Balaban J connectivity index is 0.746. The predicted molar refractivity (Wildman–Crippen MR) is 384 cm³/mol. The molecule has 0 bridgehead atoms. The predicted octanol–water partition coefficient (Wildman–Crippen LogP) is 24.0. The molecule has 14 aromatic rings. The van der Waals surface area contributed by atoms with Crippen LogP contribution in [0.1, 0.15) is 25.0 Å². The molecule has 0 spiro atoms. The molecular weight excluding hydrogens is 1170 g/mol. The fourth-order valence-corrected chi connectivity index (χ4v) is 15.2. The lowest BCUT2D eigenvalue weighted by molar-refractivity contribution is 0.477. The second-order valence-corrected chi connectivity index (χ2v) is 25.7. The van der Waals surface area contributed by atoms with Gasteiger partial charge in [-0.05, 0) is 174 Å². The third-order valence-corrected chi connectivity index (χ3v) is 19.6. The van der Waals surface area contributed by atoms with Gasteiger partial charge in [0.2, 0.25) is 0 Å². The molecule has 2 aromatic heterocycles. The summed E-state index contributed by atoms with van der Waals surface area (Å²) in [5.41, 5.74) is 24.4. The summed E-state index contributed by atoms with van der Waals surface area (Å²) in [6, 6.07) is 112. The van der Waals surface area contributed by atoms with E-state index >= 15 is 0 Å². The Hall–Kier alpha value is -11.9. The monoisotopic (exact) mass is 1230 g/mol. The quantitative estimate of drug-likeness (QED) is 0.141. The van der Waals surface area contributed by atoms with Gasteiger partial charge in [-0.25, -0.2) is 9.97 Å². The number of hydrogen-bond acceptors (Lipinski definition) is 9. The zero-order chi connectivity index (χ0) is 62.4. The number of nitrogens with zero attached hydrogens (tertiary/aromatic N) is 6. The standard InChI is InChI=1S/C85H58N6O2S/c1-85(2)65-27-6-8-33-71(65)88(72-34-9-7-28-66(72)85)61-48-59(49-62(53-61)89-73-35-10-15-40-79(73)92-80-41-16-11-36-74(80)89)70-32-22-30-68(87-70)58-26-20-25-56(47-58)57-45-46-78-84(52-57)94-83-44-19-14-39-77(83)91(78)64-51-60(69-31-21-29-67(86-69)55-23-4-3-5-24-55)50-63(54-64)90-75-37-12-17-42-81(75)93-82-43-18-13-38-76(82)90/h3-54H,1-2H3. The summed E-state index contributed by atoms with van der Waals surface area (Å²) >= 11 is 1.80. The second-order valence-electron chi connectivity index (χ2n) is 24.6. The molecule has 0 radical (unpaired) electrons. The smallest absolute Gasteiger partial charge is 0.151 e. The van der Waals surface area contributed by atoms with Crippen molar-refractivity contribution < 1.29 is 9.47 Å². The van der Waals surface area contributed by atoms with E-state index in [1.54, 1.807) is 11.8 Å². The van der Waals surface area contributed by atoms with Gasteiger partial charge >= 0.3 is 0 Å². The first-order valence-electron chi connectivity index (χ1n) is 31.8. The van der Waals surface area contributed by atoms with Gasteiger partial charge in [0.05, 0.1) is 68.3 Å². The topological polar surface area (TPSA) is 57.2 Å². The average Bonchev–Trinajstić information content (AvgIpc) is 0.770. The van der Waals surface area contributed by atoms with Crippen LogP contribution in [0.4, 0.5) is 68.2 Å². The van der Waals surface area contributed by atoms with Crippen molar-refractivity contribution in [2.45, 2.75) is 29.1 Å². The van der Waals surface area contributed by atoms with Gasteiger partial charge in [-0.15, -0.1) is 0 Å². The van der Waals surface area contributed by atoms with E-state index in [2.05, 4.69) is 294 Å². The zero-order valence-corrected chi connectivity index (χ0v) is 52.2. The van der Waals surface area contributed by atoms with Crippen molar-refractivity contribution in [3.05, 3.63) is 327 Å². The van der Waals surface area contributed by atoms with Crippen molar-refractivity contribution >= 4 is 80.0 Å². The number of aromatic nitrogens is 2. The first-order valence-corrected chi connectivity index (χ1v) is 32.6. The summed E-state index contributed by atoms with van der Waals surface area (Å²) in [5, 5.41) is 0. The third kappa shape index (κ3) is 9.30. The normalized spacial score (nSPS) is 13.6. The number of ether oxygens (including phenoxy) is 2. The molecule has 0 aliphatic carbocycles.